The Kier molecular flexibility index (Phi) is 6.21. The Morgan fingerprint density at radius 1 is 1.17 bits per heavy atom. The van der Waals surface area contributed by atoms with Crippen LogP contribution in [0.2, 0.25) is 0 Å². The van der Waals surface area contributed by atoms with Crippen molar-refractivity contribution in [2.75, 3.05) is 13.7 Å². The van der Waals surface area contributed by atoms with Crippen LogP contribution in [-0.2, 0) is 11.2 Å². The topological polar surface area (TPSA) is 38.3 Å². The van der Waals surface area contributed by atoms with Gasteiger partial charge in [-0.05, 0) is 42.0 Å². The van der Waals surface area contributed by atoms with Crippen molar-refractivity contribution in [3.8, 4) is 5.75 Å². The molecular formula is C20H25NO2. The van der Waals surface area contributed by atoms with Crippen molar-refractivity contribution in [1.82, 2.24) is 5.32 Å². The van der Waals surface area contributed by atoms with Gasteiger partial charge in [0, 0.05) is 13.0 Å². The highest BCUT2D eigenvalue weighted by atomic mass is 16.5. The number of hydrogen-bond donors (Lipinski definition) is 1. The number of hydrogen-bond acceptors (Lipinski definition) is 2. The van der Waals surface area contributed by atoms with Crippen LogP contribution in [0.3, 0.4) is 0 Å². The Hall–Kier alpha value is -2.29. The molecule has 0 aliphatic rings. The summed E-state index contributed by atoms with van der Waals surface area (Å²) >= 11 is 0. The molecule has 1 N–H and O–H groups in total. The number of ether oxygens (including phenoxy) is 1. The minimum absolute atomic E-state index is 0.0984. The molecule has 1 atom stereocenters. The fourth-order valence-electron chi connectivity index (χ4n) is 2.61. The summed E-state index contributed by atoms with van der Waals surface area (Å²) in [6.07, 6.45) is 1.25. The number of carbonyl (C=O) groups is 1. The second kappa shape index (κ2) is 8.37. The average Bonchev–Trinajstić information content (AvgIpc) is 2.58. The predicted molar refractivity (Wildman–Crippen MR) is 93.9 cm³/mol. The van der Waals surface area contributed by atoms with E-state index in [1.54, 1.807) is 7.11 Å². The number of benzene rings is 2. The van der Waals surface area contributed by atoms with E-state index in [9.17, 15) is 4.79 Å². The predicted octanol–water partition coefficient (Wildman–Crippen LogP) is 3.86. The van der Waals surface area contributed by atoms with Crippen LogP contribution in [-0.4, -0.2) is 19.6 Å². The van der Waals surface area contributed by atoms with Gasteiger partial charge in [0.1, 0.15) is 5.75 Å². The third-order valence-corrected chi connectivity index (χ3v) is 4.07. The summed E-state index contributed by atoms with van der Waals surface area (Å²) in [5.41, 5.74) is 3.51. The van der Waals surface area contributed by atoms with E-state index >= 15 is 0 Å². The van der Waals surface area contributed by atoms with E-state index in [-0.39, 0.29) is 5.91 Å². The molecule has 0 aromatic heterocycles. The van der Waals surface area contributed by atoms with Gasteiger partial charge in [0.15, 0.2) is 0 Å². The Balaban J connectivity index is 1.78. The standard InChI is InChI=1S/C20H25NO2/c1-15-13-17(9-11-19(15)23-3)10-12-20(22)21-14-16(2)18-7-5-4-6-8-18/h4-9,11,13,16H,10,12,14H2,1-3H3,(H,21,22)/t16-/m1/s1. The molecule has 1 amide bonds. The van der Waals surface area contributed by atoms with E-state index in [0.717, 1.165) is 23.3 Å². The molecule has 0 aliphatic heterocycles. The number of amides is 1. The summed E-state index contributed by atoms with van der Waals surface area (Å²) in [6, 6.07) is 16.3. The largest absolute Gasteiger partial charge is 0.496 e. The third kappa shape index (κ3) is 5.13. The highest BCUT2D eigenvalue weighted by Crippen LogP contribution is 2.19. The maximum Gasteiger partial charge on any atom is 0.220 e. The maximum absolute atomic E-state index is 12.0. The lowest BCUT2D eigenvalue weighted by atomic mass is 10.0. The van der Waals surface area contributed by atoms with Crippen molar-refractivity contribution in [2.24, 2.45) is 0 Å². The molecular weight excluding hydrogens is 286 g/mol. The first kappa shape index (κ1) is 17.1. The molecule has 0 saturated heterocycles. The Labute approximate surface area is 138 Å². The lowest BCUT2D eigenvalue weighted by molar-refractivity contribution is -0.121. The van der Waals surface area contributed by atoms with Crippen LogP contribution >= 0.6 is 0 Å². The van der Waals surface area contributed by atoms with Crippen LogP contribution in [0.15, 0.2) is 48.5 Å². The van der Waals surface area contributed by atoms with Gasteiger partial charge in [-0.25, -0.2) is 0 Å². The second-order valence-corrected chi connectivity index (χ2v) is 5.92. The van der Waals surface area contributed by atoms with Gasteiger partial charge in [0.05, 0.1) is 7.11 Å². The van der Waals surface area contributed by atoms with Crippen LogP contribution in [0, 0.1) is 6.92 Å². The van der Waals surface area contributed by atoms with E-state index < -0.39 is 0 Å². The van der Waals surface area contributed by atoms with Crippen molar-refractivity contribution in [3.05, 3.63) is 65.2 Å². The Bertz CT molecular complexity index is 637. The zero-order valence-electron chi connectivity index (χ0n) is 14.1. The molecule has 0 saturated carbocycles. The summed E-state index contributed by atoms with van der Waals surface area (Å²) in [6.45, 7) is 4.82. The third-order valence-electron chi connectivity index (χ3n) is 4.07. The average molecular weight is 311 g/mol. The normalized spacial score (nSPS) is 11.8. The minimum atomic E-state index is 0.0984. The van der Waals surface area contributed by atoms with Crippen molar-refractivity contribution < 1.29 is 9.53 Å². The molecule has 122 valence electrons. The van der Waals surface area contributed by atoms with Crippen molar-refractivity contribution in [2.45, 2.75) is 32.6 Å². The van der Waals surface area contributed by atoms with Crippen LogP contribution in [0.1, 0.15) is 36.0 Å². The first-order valence-electron chi connectivity index (χ1n) is 8.05. The highest BCUT2D eigenvalue weighted by molar-refractivity contribution is 5.76. The zero-order valence-corrected chi connectivity index (χ0v) is 14.1. The van der Waals surface area contributed by atoms with Crippen LogP contribution in [0.25, 0.3) is 0 Å². The summed E-state index contributed by atoms with van der Waals surface area (Å²) in [4.78, 5) is 12.0. The van der Waals surface area contributed by atoms with Gasteiger partial charge < -0.3 is 10.1 Å². The van der Waals surface area contributed by atoms with Gasteiger partial charge in [-0.1, -0.05) is 49.4 Å². The summed E-state index contributed by atoms with van der Waals surface area (Å²) in [5.74, 6) is 1.31. The molecule has 2 aromatic rings. The summed E-state index contributed by atoms with van der Waals surface area (Å²) < 4.78 is 5.25. The lowest BCUT2D eigenvalue weighted by Crippen LogP contribution is -2.27. The van der Waals surface area contributed by atoms with E-state index in [0.29, 0.717) is 18.9 Å². The van der Waals surface area contributed by atoms with Crippen molar-refractivity contribution in [3.63, 3.8) is 0 Å². The fraction of sp³-hybridized carbons (Fsp3) is 0.350. The highest BCUT2D eigenvalue weighted by Gasteiger charge is 2.08. The van der Waals surface area contributed by atoms with E-state index in [1.807, 2.05) is 37.3 Å². The van der Waals surface area contributed by atoms with Gasteiger partial charge in [0.25, 0.3) is 0 Å². The number of aryl methyl sites for hydroxylation is 2. The van der Waals surface area contributed by atoms with Crippen molar-refractivity contribution in [1.29, 1.82) is 0 Å². The Morgan fingerprint density at radius 3 is 2.57 bits per heavy atom. The second-order valence-electron chi connectivity index (χ2n) is 5.92. The molecule has 2 aromatic carbocycles. The molecule has 0 aliphatic carbocycles. The Morgan fingerprint density at radius 2 is 1.91 bits per heavy atom. The van der Waals surface area contributed by atoms with E-state index in [1.165, 1.54) is 5.56 Å². The number of methoxy groups -OCH3 is 1. The van der Waals surface area contributed by atoms with Gasteiger partial charge in [-0.15, -0.1) is 0 Å². The molecule has 3 heteroatoms. The molecule has 0 bridgehead atoms. The summed E-state index contributed by atoms with van der Waals surface area (Å²) in [7, 11) is 1.67. The first-order chi connectivity index (χ1) is 11.1. The van der Waals surface area contributed by atoms with Gasteiger partial charge in [-0.2, -0.15) is 0 Å². The maximum atomic E-state index is 12.0. The fourth-order valence-corrected chi connectivity index (χ4v) is 2.61. The number of carbonyl (C=O) groups excluding carboxylic acids is 1. The van der Waals surface area contributed by atoms with Crippen LogP contribution in [0.5, 0.6) is 5.75 Å². The quantitative estimate of drug-likeness (QED) is 0.843. The van der Waals surface area contributed by atoms with E-state index in [4.69, 9.17) is 4.74 Å². The minimum Gasteiger partial charge on any atom is -0.496 e. The van der Waals surface area contributed by atoms with Crippen LogP contribution in [0.4, 0.5) is 0 Å². The monoisotopic (exact) mass is 311 g/mol. The molecule has 0 spiro atoms. The van der Waals surface area contributed by atoms with Gasteiger partial charge in [-0.3, -0.25) is 4.79 Å². The SMILES string of the molecule is COc1ccc(CCC(=O)NC[C@@H](C)c2ccccc2)cc1C. The zero-order chi connectivity index (χ0) is 16.7. The molecule has 3 nitrogen and oxygen atoms in total. The number of rotatable bonds is 7. The van der Waals surface area contributed by atoms with Crippen LogP contribution < -0.4 is 10.1 Å². The molecule has 2 rings (SSSR count). The van der Waals surface area contributed by atoms with Gasteiger partial charge in [0.2, 0.25) is 5.91 Å². The molecule has 0 fully saturated rings. The summed E-state index contributed by atoms with van der Waals surface area (Å²) in [5, 5.41) is 3.02. The van der Waals surface area contributed by atoms with Crippen molar-refractivity contribution >= 4 is 5.91 Å². The smallest absolute Gasteiger partial charge is 0.220 e. The molecule has 0 unspecified atom stereocenters. The molecule has 23 heavy (non-hydrogen) atoms. The van der Waals surface area contributed by atoms with Gasteiger partial charge >= 0.3 is 0 Å². The first-order valence-corrected chi connectivity index (χ1v) is 8.05. The lowest BCUT2D eigenvalue weighted by Gasteiger charge is -2.13. The molecule has 0 radical (unpaired) electrons. The van der Waals surface area contributed by atoms with E-state index in [2.05, 4.69) is 30.4 Å². The number of nitrogens with one attached hydrogen (secondary N) is 1. The molecule has 0 heterocycles.